The van der Waals surface area contributed by atoms with Gasteiger partial charge >= 0.3 is 0 Å². The van der Waals surface area contributed by atoms with E-state index in [2.05, 4.69) is 34.6 Å². The molecule has 1 aromatic rings. The zero-order valence-corrected chi connectivity index (χ0v) is 20.4. The van der Waals surface area contributed by atoms with E-state index in [1.165, 1.54) is 11.1 Å². The number of likely N-dealkylation sites (tertiary alicyclic amines) is 1. The molecule has 2 fully saturated rings. The van der Waals surface area contributed by atoms with Crippen LogP contribution in [-0.4, -0.2) is 74.1 Å². The van der Waals surface area contributed by atoms with Crippen molar-refractivity contribution in [1.29, 1.82) is 0 Å². The molecule has 7 nitrogen and oxygen atoms in total. The van der Waals surface area contributed by atoms with Crippen LogP contribution in [0.3, 0.4) is 0 Å². The maximum atomic E-state index is 12.0. The number of aliphatic imine (C=N–C) groups is 1. The fraction of sp³-hybridized carbons (Fsp3) is 0.636. The summed E-state index contributed by atoms with van der Waals surface area (Å²) in [6.45, 7) is 10.8. The van der Waals surface area contributed by atoms with Gasteiger partial charge in [-0.3, -0.25) is 9.69 Å². The predicted octanol–water partition coefficient (Wildman–Crippen LogP) is 2.20. The van der Waals surface area contributed by atoms with Gasteiger partial charge in [0.1, 0.15) is 0 Å². The molecule has 0 bridgehead atoms. The van der Waals surface area contributed by atoms with E-state index < -0.39 is 0 Å². The van der Waals surface area contributed by atoms with Crippen molar-refractivity contribution in [2.45, 2.75) is 39.3 Å². The topological polar surface area (TPSA) is 69.2 Å². The average molecular weight is 529 g/mol. The third kappa shape index (κ3) is 8.03. The van der Waals surface area contributed by atoms with Gasteiger partial charge in [0.2, 0.25) is 5.91 Å². The van der Waals surface area contributed by atoms with Crippen molar-refractivity contribution < 1.29 is 9.53 Å². The van der Waals surface area contributed by atoms with Crippen molar-refractivity contribution in [3.05, 3.63) is 35.4 Å². The molecule has 3 rings (SSSR count). The molecule has 0 saturated carbocycles. The molecular weight excluding hydrogens is 493 g/mol. The molecule has 2 N–H and O–H groups in total. The Hall–Kier alpha value is -1.39. The van der Waals surface area contributed by atoms with E-state index in [4.69, 9.17) is 9.73 Å². The summed E-state index contributed by atoms with van der Waals surface area (Å²) in [5.74, 6) is 1.11. The van der Waals surface area contributed by atoms with E-state index >= 15 is 0 Å². The molecule has 2 saturated heterocycles. The van der Waals surface area contributed by atoms with E-state index in [-0.39, 0.29) is 29.9 Å². The van der Waals surface area contributed by atoms with Crippen molar-refractivity contribution in [2.75, 3.05) is 52.5 Å². The molecule has 1 amide bonds. The molecule has 0 spiro atoms. The Morgan fingerprint density at radius 1 is 1.13 bits per heavy atom. The predicted molar refractivity (Wildman–Crippen MR) is 131 cm³/mol. The van der Waals surface area contributed by atoms with Crippen LogP contribution in [0.1, 0.15) is 37.3 Å². The highest BCUT2D eigenvalue weighted by molar-refractivity contribution is 14.0. The molecule has 0 atom stereocenters. The zero-order valence-electron chi connectivity index (χ0n) is 18.1. The number of carbonyl (C=O) groups excluding carboxylic acids is 1. The van der Waals surface area contributed by atoms with Crippen LogP contribution >= 0.6 is 24.0 Å². The highest BCUT2D eigenvalue weighted by atomic mass is 127. The lowest BCUT2D eigenvalue weighted by atomic mass is 10.1. The Bertz CT molecular complexity index is 679. The van der Waals surface area contributed by atoms with Crippen molar-refractivity contribution in [2.24, 2.45) is 4.99 Å². The van der Waals surface area contributed by atoms with E-state index in [1.54, 1.807) is 0 Å². The second-order valence-corrected chi connectivity index (χ2v) is 7.62. The van der Waals surface area contributed by atoms with Crippen molar-refractivity contribution in [3.8, 4) is 0 Å². The van der Waals surface area contributed by atoms with Gasteiger partial charge in [-0.1, -0.05) is 24.3 Å². The number of amides is 1. The second-order valence-electron chi connectivity index (χ2n) is 7.62. The second kappa shape index (κ2) is 13.8. The van der Waals surface area contributed by atoms with Gasteiger partial charge in [-0.15, -0.1) is 24.0 Å². The number of rotatable bonds is 9. The zero-order chi connectivity index (χ0) is 20.3. The number of nitrogens with zero attached hydrogens (tertiary/aromatic N) is 3. The largest absolute Gasteiger partial charge is 0.379 e. The Balaban J connectivity index is 0.00000320. The fourth-order valence-electron chi connectivity index (χ4n) is 3.78. The highest BCUT2D eigenvalue weighted by Crippen LogP contribution is 2.17. The minimum Gasteiger partial charge on any atom is -0.379 e. The summed E-state index contributed by atoms with van der Waals surface area (Å²) in [4.78, 5) is 21.2. The molecule has 1 aromatic carbocycles. The van der Waals surface area contributed by atoms with Crippen LogP contribution in [0.4, 0.5) is 0 Å². The molecule has 8 heteroatoms. The molecule has 168 valence electrons. The summed E-state index contributed by atoms with van der Waals surface area (Å²) in [5.41, 5.74) is 2.37. The van der Waals surface area contributed by atoms with E-state index in [0.717, 1.165) is 71.3 Å². The fourth-order valence-corrected chi connectivity index (χ4v) is 3.78. The SMILES string of the molecule is CCNC(=NCc1ccccc1CN1CCCC1=O)NCCCN1CCOCC1.I. The summed E-state index contributed by atoms with van der Waals surface area (Å²) in [6.07, 6.45) is 2.73. The number of hydrogen-bond donors (Lipinski definition) is 2. The van der Waals surface area contributed by atoms with Gasteiger partial charge < -0.3 is 20.3 Å². The number of morpholine rings is 1. The summed E-state index contributed by atoms with van der Waals surface area (Å²) < 4.78 is 5.40. The summed E-state index contributed by atoms with van der Waals surface area (Å²) in [6, 6.07) is 8.31. The van der Waals surface area contributed by atoms with E-state index in [9.17, 15) is 4.79 Å². The van der Waals surface area contributed by atoms with Gasteiger partial charge in [0.25, 0.3) is 0 Å². The van der Waals surface area contributed by atoms with Gasteiger partial charge in [-0.25, -0.2) is 4.99 Å². The first-order valence-corrected chi connectivity index (χ1v) is 10.9. The molecule has 0 radical (unpaired) electrons. The van der Waals surface area contributed by atoms with Crippen molar-refractivity contribution in [3.63, 3.8) is 0 Å². The van der Waals surface area contributed by atoms with Gasteiger partial charge in [0.15, 0.2) is 5.96 Å². The third-order valence-corrected chi connectivity index (χ3v) is 5.45. The molecule has 0 unspecified atom stereocenters. The number of guanidine groups is 1. The lowest BCUT2D eigenvalue weighted by Crippen LogP contribution is -2.40. The third-order valence-electron chi connectivity index (χ3n) is 5.45. The number of carbonyl (C=O) groups is 1. The normalized spacial score (nSPS) is 17.7. The first kappa shape index (κ1) is 24.9. The van der Waals surface area contributed by atoms with Crippen LogP contribution in [-0.2, 0) is 22.6 Å². The number of benzene rings is 1. The Morgan fingerprint density at radius 3 is 2.60 bits per heavy atom. The number of ether oxygens (including phenoxy) is 1. The standard InChI is InChI=1S/C22H35N5O2.HI/c1-2-23-22(24-10-6-11-26-13-15-29-16-14-26)25-17-19-7-3-4-8-20(19)18-27-12-5-9-21(27)28;/h3-4,7-8H,2,5-6,9-18H2,1H3,(H2,23,24,25);1H. The van der Waals surface area contributed by atoms with Crippen LogP contribution in [0, 0.1) is 0 Å². The monoisotopic (exact) mass is 529 g/mol. The summed E-state index contributed by atoms with van der Waals surface area (Å²) >= 11 is 0. The summed E-state index contributed by atoms with van der Waals surface area (Å²) in [5, 5.41) is 6.78. The smallest absolute Gasteiger partial charge is 0.222 e. The minimum absolute atomic E-state index is 0. The maximum absolute atomic E-state index is 12.0. The molecule has 0 aromatic heterocycles. The molecule has 2 heterocycles. The maximum Gasteiger partial charge on any atom is 0.222 e. The average Bonchev–Trinajstić information content (AvgIpc) is 3.15. The number of hydrogen-bond acceptors (Lipinski definition) is 4. The lowest BCUT2D eigenvalue weighted by Gasteiger charge is -2.26. The van der Waals surface area contributed by atoms with Gasteiger partial charge in [-0.2, -0.15) is 0 Å². The van der Waals surface area contributed by atoms with Crippen LogP contribution < -0.4 is 10.6 Å². The van der Waals surface area contributed by atoms with Crippen LogP contribution in [0.5, 0.6) is 0 Å². The Labute approximate surface area is 197 Å². The van der Waals surface area contributed by atoms with E-state index in [0.29, 0.717) is 19.5 Å². The number of nitrogens with one attached hydrogen (secondary N) is 2. The first-order valence-electron chi connectivity index (χ1n) is 10.9. The lowest BCUT2D eigenvalue weighted by molar-refractivity contribution is -0.128. The highest BCUT2D eigenvalue weighted by Gasteiger charge is 2.20. The molecule has 2 aliphatic heterocycles. The van der Waals surface area contributed by atoms with Gasteiger partial charge in [0.05, 0.1) is 19.8 Å². The quantitative estimate of drug-likeness (QED) is 0.222. The number of halogens is 1. The van der Waals surface area contributed by atoms with Crippen molar-refractivity contribution in [1.82, 2.24) is 20.4 Å². The van der Waals surface area contributed by atoms with Gasteiger partial charge in [0, 0.05) is 45.7 Å². The van der Waals surface area contributed by atoms with Crippen LogP contribution in [0.15, 0.2) is 29.3 Å². The molecule has 2 aliphatic rings. The van der Waals surface area contributed by atoms with Crippen LogP contribution in [0.2, 0.25) is 0 Å². The molecule has 30 heavy (non-hydrogen) atoms. The Morgan fingerprint density at radius 2 is 1.90 bits per heavy atom. The van der Waals surface area contributed by atoms with E-state index in [1.807, 2.05) is 17.0 Å². The Kier molecular flexibility index (Phi) is 11.5. The van der Waals surface area contributed by atoms with Crippen molar-refractivity contribution >= 4 is 35.8 Å². The van der Waals surface area contributed by atoms with Crippen LogP contribution in [0.25, 0.3) is 0 Å². The molecular formula is C22H36IN5O2. The molecule has 0 aliphatic carbocycles. The minimum atomic E-state index is 0. The summed E-state index contributed by atoms with van der Waals surface area (Å²) in [7, 11) is 0. The van der Waals surface area contributed by atoms with Gasteiger partial charge in [-0.05, 0) is 37.4 Å². The first-order chi connectivity index (χ1) is 14.3.